The molecule has 0 spiro atoms. The van der Waals surface area contributed by atoms with E-state index in [1.165, 1.54) is 4.68 Å². The van der Waals surface area contributed by atoms with Crippen molar-refractivity contribution in [3.05, 3.63) is 58.7 Å². The first-order valence-corrected chi connectivity index (χ1v) is 13.2. The second kappa shape index (κ2) is 8.63. The molecular formula is C28H27FN8O3. The summed E-state index contributed by atoms with van der Waals surface area (Å²) < 4.78 is 19.8. The lowest BCUT2D eigenvalue weighted by Crippen LogP contribution is -2.39. The number of hydrogen-bond donors (Lipinski definition) is 3. The van der Waals surface area contributed by atoms with E-state index < -0.39 is 17.8 Å². The predicted octanol–water partition coefficient (Wildman–Crippen LogP) is 2.61. The number of aromatic nitrogens is 6. The summed E-state index contributed by atoms with van der Waals surface area (Å²) in [6.45, 7) is 0.122. The zero-order chi connectivity index (χ0) is 27.9. The van der Waals surface area contributed by atoms with Crippen LogP contribution in [0.2, 0.25) is 0 Å². The molecule has 8 rings (SSSR count). The Bertz CT molecular complexity index is 1910. The van der Waals surface area contributed by atoms with E-state index in [-0.39, 0.29) is 35.7 Å². The molecule has 0 saturated heterocycles. The molecule has 2 aliphatic heterocycles. The van der Waals surface area contributed by atoms with Crippen molar-refractivity contribution in [2.45, 2.75) is 25.3 Å². The van der Waals surface area contributed by atoms with Gasteiger partial charge in [0, 0.05) is 44.0 Å². The molecule has 1 unspecified atom stereocenters. The van der Waals surface area contributed by atoms with E-state index >= 15 is 4.39 Å². The molecule has 4 bridgehead atoms. The first-order valence-electron chi connectivity index (χ1n) is 13.2. The third kappa shape index (κ3) is 3.44. The summed E-state index contributed by atoms with van der Waals surface area (Å²) in [4.78, 5) is 47.1. The molecule has 0 radical (unpaired) electrons. The highest BCUT2D eigenvalue weighted by molar-refractivity contribution is 6.14. The van der Waals surface area contributed by atoms with Crippen LogP contribution in [-0.4, -0.2) is 47.2 Å². The van der Waals surface area contributed by atoms with Crippen molar-refractivity contribution in [3.8, 4) is 22.4 Å². The fourth-order valence-electron chi connectivity index (χ4n) is 6.62. The van der Waals surface area contributed by atoms with Crippen LogP contribution >= 0.6 is 0 Å². The number of nitrogens with one attached hydrogen (secondary N) is 2. The highest BCUT2D eigenvalue weighted by atomic mass is 19.1. The fourth-order valence-corrected chi connectivity index (χ4v) is 6.62. The molecule has 6 heterocycles. The Morgan fingerprint density at radius 2 is 1.88 bits per heavy atom. The van der Waals surface area contributed by atoms with Gasteiger partial charge >= 0.3 is 5.69 Å². The van der Waals surface area contributed by atoms with Crippen molar-refractivity contribution in [3.63, 3.8) is 0 Å². The number of H-pyrrole nitrogens is 1. The Hall–Kier alpha value is -4.74. The average Bonchev–Trinajstić information content (AvgIpc) is 3.68. The number of pyridine rings is 1. The SMILES string of the molecule is Cn1cc(-c2[nH]c3ncc4c5c3c2-c2ccc(cc2)C(=O)NCC(C(N)=O)[C@@H]2CC[C@H](C2)n5c(=O)n4C)c(F)n1. The lowest BCUT2D eigenvalue weighted by molar-refractivity contribution is -0.123. The summed E-state index contributed by atoms with van der Waals surface area (Å²) in [5, 5.41) is 7.44. The molecule has 12 heteroatoms. The zero-order valence-electron chi connectivity index (χ0n) is 21.9. The van der Waals surface area contributed by atoms with E-state index in [0.29, 0.717) is 63.7 Å². The molecule has 40 heavy (non-hydrogen) atoms. The van der Waals surface area contributed by atoms with Gasteiger partial charge in [0.2, 0.25) is 11.9 Å². The van der Waals surface area contributed by atoms with Gasteiger partial charge < -0.3 is 16.0 Å². The van der Waals surface area contributed by atoms with Gasteiger partial charge in [-0.25, -0.2) is 9.78 Å². The minimum Gasteiger partial charge on any atom is -0.369 e. The molecule has 1 aliphatic carbocycles. The topological polar surface area (TPSA) is 146 Å². The maximum atomic E-state index is 15.1. The predicted molar refractivity (Wildman–Crippen MR) is 146 cm³/mol. The normalized spacial score (nSPS) is 20.8. The van der Waals surface area contributed by atoms with Crippen LogP contribution in [0.4, 0.5) is 4.39 Å². The van der Waals surface area contributed by atoms with Crippen molar-refractivity contribution in [2.24, 2.45) is 31.7 Å². The Kier molecular flexibility index (Phi) is 5.25. The van der Waals surface area contributed by atoms with Crippen LogP contribution < -0.4 is 16.7 Å². The smallest absolute Gasteiger partial charge is 0.329 e. The van der Waals surface area contributed by atoms with Crippen LogP contribution in [0.5, 0.6) is 0 Å². The van der Waals surface area contributed by atoms with Gasteiger partial charge in [0.15, 0.2) is 0 Å². The van der Waals surface area contributed by atoms with Crippen molar-refractivity contribution in [1.82, 2.24) is 34.2 Å². The van der Waals surface area contributed by atoms with Crippen LogP contribution in [0.1, 0.15) is 35.7 Å². The number of primary amides is 1. The molecule has 1 fully saturated rings. The number of nitrogens with two attached hydrogens (primary N) is 1. The summed E-state index contributed by atoms with van der Waals surface area (Å²) in [6.07, 6.45) is 5.15. The number of imidazole rings is 1. The molecule has 1 aromatic carbocycles. The molecule has 11 nitrogen and oxygen atoms in total. The first-order chi connectivity index (χ1) is 19.2. The van der Waals surface area contributed by atoms with E-state index in [4.69, 9.17) is 5.73 Å². The fraction of sp³-hybridized carbons (Fsp3) is 0.321. The van der Waals surface area contributed by atoms with Crippen LogP contribution in [0.25, 0.3) is 44.5 Å². The summed E-state index contributed by atoms with van der Waals surface area (Å²) in [7, 11) is 3.36. The first kappa shape index (κ1) is 24.3. The van der Waals surface area contributed by atoms with Gasteiger partial charge in [-0.1, -0.05) is 12.1 Å². The number of carbonyl (C=O) groups is 2. The minimum atomic E-state index is -0.644. The molecule has 2 amide bonds. The number of nitrogens with zero attached hydrogens (tertiary/aromatic N) is 5. The van der Waals surface area contributed by atoms with Crippen LogP contribution in [0, 0.1) is 17.8 Å². The van der Waals surface area contributed by atoms with E-state index in [9.17, 15) is 14.4 Å². The number of fused-ring (bicyclic) bond motifs is 5. The summed E-state index contributed by atoms with van der Waals surface area (Å²) in [5.41, 5.74) is 9.95. The van der Waals surface area contributed by atoms with Crippen molar-refractivity contribution in [1.29, 1.82) is 0 Å². The van der Waals surface area contributed by atoms with E-state index in [1.54, 1.807) is 59.9 Å². The number of amides is 2. The van der Waals surface area contributed by atoms with E-state index in [2.05, 4.69) is 20.4 Å². The van der Waals surface area contributed by atoms with Gasteiger partial charge in [-0.3, -0.25) is 23.4 Å². The van der Waals surface area contributed by atoms with Crippen molar-refractivity contribution in [2.75, 3.05) is 6.54 Å². The minimum absolute atomic E-state index is 0.0973. The number of aryl methyl sites for hydroxylation is 2. The van der Waals surface area contributed by atoms with Crippen LogP contribution in [0.15, 0.2) is 41.5 Å². The standard InChI is InChI=1S/C28H27FN8O3/c1-35-12-18(24(29)34-35)22-20-13-3-5-14(6-4-13)27(39)32-10-17(25(30)38)15-7-8-16(9-15)37-23-19(36(2)28(37)40)11-31-26(33-22)21(20)23/h3-6,11-12,15-17H,7-10H2,1-2H3,(H2,30,38)(H,31,33)(H,32,39)/t15-,16-,17?/m1/s1. The number of carbonyl (C=O) groups excluding carboxylic acids is 2. The van der Waals surface area contributed by atoms with Crippen LogP contribution in [-0.2, 0) is 18.9 Å². The number of hydrogen-bond acceptors (Lipinski definition) is 5. The molecule has 3 atom stereocenters. The molecule has 4 aromatic heterocycles. The third-order valence-electron chi connectivity index (χ3n) is 8.59. The largest absolute Gasteiger partial charge is 0.369 e. The number of aromatic amines is 1. The van der Waals surface area contributed by atoms with Gasteiger partial charge in [-0.05, 0) is 42.9 Å². The Morgan fingerprint density at radius 3 is 2.58 bits per heavy atom. The van der Waals surface area contributed by atoms with Gasteiger partial charge in [0.25, 0.3) is 5.91 Å². The Balaban J connectivity index is 1.59. The average molecular weight is 543 g/mol. The lowest BCUT2D eigenvalue weighted by Gasteiger charge is -2.21. The second-order valence-corrected chi connectivity index (χ2v) is 10.8. The summed E-state index contributed by atoms with van der Waals surface area (Å²) in [5.74, 6) is -2.09. The molecule has 1 saturated carbocycles. The highest BCUT2D eigenvalue weighted by Gasteiger charge is 2.37. The number of rotatable bonds is 2. The van der Waals surface area contributed by atoms with Crippen LogP contribution in [0.3, 0.4) is 0 Å². The zero-order valence-corrected chi connectivity index (χ0v) is 21.9. The Morgan fingerprint density at radius 1 is 1.12 bits per heavy atom. The molecule has 204 valence electrons. The molecule has 4 N–H and O–H groups in total. The Labute approximate surface area is 226 Å². The highest BCUT2D eigenvalue weighted by Crippen LogP contribution is 2.44. The number of halogens is 1. The third-order valence-corrected chi connectivity index (χ3v) is 8.59. The molecule has 5 aromatic rings. The lowest BCUT2D eigenvalue weighted by atomic mass is 9.89. The van der Waals surface area contributed by atoms with Gasteiger partial charge in [0.05, 0.1) is 39.8 Å². The maximum absolute atomic E-state index is 15.1. The van der Waals surface area contributed by atoms with E-state index in [0.717, 1.165) is 0 Å². The van der Waals surface area contributed by atoms with Gasteiger partial charge in [-0.2, -0.15) is 4.39 Å². The van der Waals surface area contributed by atoms with Gasteiger partial charge in [0.1, 0.15) is 5.65 Å². The summed E-state index contributed by atoms with van der Waals surface area (Å²) >= 11 is 0. The second-order valence-electron chi connectivity index (χ2n) is 10.8. The van der Waals surface area contributed by atoms with Crippen molar-refractivity contribution >= 4 is 33.9 Å². The van der Waals surface area contributed by atoms with Crippen molar-refractivity contribution < 1.29 is 14.0 Å². The molecule has 3 aliphatic rings. The molecular weight excluding hydrogens is 515 g/mol. The monoisotopic (exact) mass is 542 g/mol. The maximum Gasteiger partial charge on any atom is 0.329 e. The van der Waals surface area contributed by atoms with Gasteiger partial charge in [-0.15, -0.1) is 5.10 Å². The summed E-state index contributed by atoms with van der Waals surface area (Å²) in [6, 6.07) is 6.75. The quantitative estimate of drug-likeness (QED) is 0.314. The number of benzene rings is 1. The van der Waals surface area contributed by atoms with E-state index in [1.807, 2.05) is 0 Å².